The molecule has 3 rings (SSSR count). The Morgan fingerprint density at radius 2 is 1.89 bits per heavy atom. The van der Waals surface area contributed by atoms with Gasteiger partial charge in [-0.1, -0.05) is 19.1 Å². The van der Waals surface area contributed by atoms with Crippen molar-refractivity contribution in [2.75, 3.05) is 39.8 Å². The summed E-state index contributed by atoms with van der Waals surface area (Å²) < 4.78 is 5.25. The molecule has 0 aliphatic carbocycles. The molecule has 2 amide bonds. The SMILES string of the molecule is COc1ccc(C(CNC(=O)N2CC(C)CC(C(=O)O)C2)N2CCCC2)cc1. The molecule has 3 atom stereocenters. The van der Waals surface area contributed by atoms with E-state index in [1.165, 1.54) is 12.8 Å². The Balaban J connectivity index is 1.65. The molecule has 2 saturated heterocycles. The van der Waals surface area contributed by atoms with Crippen LogP contribution in [0.3, 0.4) is 0 Å². The van der Waals surface area contributed by atoms with Gasteiger partial charge in [-0.15, -0.1) is 0 Å². The molecule has 1 aromatic carbocycles. The highest BCUT2D eigenvalue weighted by Gasteiger charge is 2.32. The Labute approximate surface area is 166 Å². The van der Waals surface area contributed by atoms with Gasteiger partial charge in [0.15, 0.2) is 0 Å². The lowest BCUT2D eigenvalue weighted by Crippen LogP contribution is -2.50. The second-order valence-corrected chi connectivity index (χ2v) is 8.00. The average Bonchev–Trinajstić information content (AvgIpc) is 3.22. The number of rotatable bonds is 6. The zero-order valence-electron chi connectivity index (χ0n) is 16.8. The topological polar surface area (TPSA) is 82.1 Å². The Morgan fingerprint density at radius 1 is 1.21 bits per heavy atom. The summed E-state index contributed by atoms with van der Waals surface area (Å²) in [6.07, 6.45) is 2.97. The Kier molecular flexibility index (Phi) is 6.78. The molecule has 0 bridgehead atoms. The lowest BCUT2D eigenvalue weighted by atomic mass is 9.91. The predicted octanol–water partition coefficient (Wildman–Crippen LogP) is 2.58. The van der Waals surface area contributed by atoms with Crippen LogP contribution in [0.25, 0.3) is 0 Å². The molecular formula is C21H31N3O4. The summed E-state index contributed by atoms with van der Waals surface area (Å²) >= 11 is 0. The van der Waals surface area contributed by atoms with Gasteiger partial charge in [0, 0.05) is 19.6 Å². The zero-order valence-corrected chi connectivity index (χ0v) is 16.8. The lowest BCUT2D eigenvalue weighted by Gasteiger charge is -2.35. The highest BCUT2D eigenvalue weighted by atomic mass is 16.5. The minimum Gasteiger partial charge on any atom is -0.497 e. The number of aliphatic carboxylic acids is 1. The lowest BCUT2D eigenvalue weighted by molar-refractivity contribution is -0.143. The number of hydrogen-bond acceptors (Lipinski definition) is 4. The van der Waals surface area contributed by atoms with Gasteiger partial charge in [0.05, 0.1) is 19.1 Å². The molecule has 2 N–H and O–H groups in total. The number of carbonyl (C=O) groups is 2. The number of urea groups is 1. The quantitative estimate of drug-likeness (QED) is 0.782. The summed E-state index contributed by atoms with van der Waals surface area (Å²) in [6.45, 7) is 5.44. The number of carboxylic acids is 1. The van der Waals surface area contributed by atoms with Crippen molar-refractivity contribution in [2.45, 2.75) is 32.2 Å². The van der Waals surface area contributed by atoms with E-state index < -0.39 is 11.9 Å². The maximum atomic E-state index is 12.7. The van der Waals surface area contributed by atoms with Crippen LogP contribution in [-0.2, 0) is 4.79 Å². The van der Waals surface area contributed by atoms with Crippen LogP contribution in [0.1, 0.15) is 37.8 Å². The first-order chi connectivity index (χ1) is 13.5. The number of benzene rings is 1. The summed E-state index contributed by atoms with van der Waals surface area (Å²) in [5.74, 6) is -0.297. The fourth-order valence-electron chi connectivity index (χ4n) is 4.33. The number of methoxy groups -OCH3 is 1. The maximum Gasteiger partial charge on any atom is 0.317 e. The van der Waals surface area contributed by atoms with Gasteiger partial charge < -0.3 is 20.1 Å². The fraction of sp³-hybridized carbons (Fsp3) is 0.619. The number of ether oxygens (including phenoxy) is 1. The van der Waals surface area contributed by atoms with Crippen LogP contribution in [0.15, 0.2) is 24.3 Å². The molecular weight excluding hydrogens is 358 g/mol. The van der Waals surface area contributed by atoms with Crippen molar-refractivity contribution in [3.8, 4) is 5.75 Å². The number of carboxylic acid groups (broad SMARTS) is 1. The minimum atomic E-state index is -0.822. The number of likely N-dealkylation sites (tertiary alicyclic amines) is 2. The normalized spacial score (nSPS) is 24.0. The summed E-state index contributed by atoms with van der Waals surface area (Å²) in [5.41, 5.74) is 1.15. The number of nitrogens with zero attached hydrogens (tertiary/aromatic N) is 2. The summed E-state index contributed by atoms with van der Waals surface area (Å²) in [4.78, 5) is 28.2. The van der Waals surface area contributed by atoms with Crippen LogP contribution in [0.2, 0.25) is 0 Å². The van der Waals surface area contributed by atoms with Crippen molar-refractivity contribution < 1.29 is 19.4 Å². The Hall–Kier alpha value is -2.28. The van der Waals surface area contributed by atoms with Crippen molar-refractivity contribution in [3.05, 3.63) is 29.8 Å². The molecule has 2 heterocycles. The molecule has 2 aliphatic heterocycles. The fourth-order valence-corrected chi connectivity index (χ4v) is 4.33. The van der Waals surface area contributed by atoms with Crippen LogP contribution < -0.4 is 10.1 Å². The van der Waals surface area contributed by atoms with E-state index >= 15 is 0 Å². The molecule has 7 heteroatoms. The van der Waals surface area contributed by atoms with E-state index in [0.717, 1.165) is 24.4 Å². The molecule has 0 spiro atoms. The number of amides is 2. The van der Waals surface area contributed by atoms with Crippen LogP contribution in [0.4, 0.5) is 4.79 Å². The summed E-state index contributed by atoms with van der Waals surface area (Å²) in [7, 11) is 1.65. The van der Waals surface area contributed by atoms with E-state index in [1.54, 1.807) is 12.0 Å². The molecule has 0 radical (unpaired) electrons. The maximum absolute atomic E-state index is 12.7. The van der Waals surface area contributed by atoms with Crippen molar-refractivity contribution in [3.63, 3.8) is 0 Å². The molecule has 0 saturated carbocycles. The molecule has 1 aromatic rings. The summed E-state index contributed by atoms with van der Waals surface area (Å²) in [5, 5.41) is 12.4. The van der Waals surface area contributed by atoms with Crippen molar-refractivity contribution in [1.29, 1.82) is 0 Å². The first-order valence-electron chi connectivity index (χ1n) is 10.1. The van der Waals surface area contributed by atoms with Crippen molar-refractivity contribution >= 4 is 12.0 Å². The van der Waals surface area contributed by atoms with Gasteiger partial charge in [0.25, 0.3) is 0 Å². The molecule has 28 heavy (non-hydrogen) atoms. The zero-order chi connectivity index (χ0) is 20.1. The van der Waals surface area contributed by atoms with E-state index in [1.807, 2.05) is 19.1 Å². The van der Waals surface area contributed by atoms with E-state index in [2.05, 4.69) is 22.3 Å². The highest BCUT2D eigenvalue weighted by molar-refractivity contribution is 5.76. The standard InChI is InChI=1S/C21H31N3O4/c1-15-11-17(20(25)26)14-24(13-15)21(27)22-12-19(23-9-3-4-10-23)16-5-7-18(28-2)8-6-16/h5-8,15,17,19H,3-4,9-14H2,1-2H3,(H,22,27)(H,25,26). The third-order valence-corrected chi connectivity index (χ3v) is 5.82. The minimum absolute atomic E-state index is 0.106. The second-order valence-electron chi connectivity index (χ2n) is 8.00. The third kappa shape index (κ3) is 4.95. The second kappa shape index (κ2) is 9.28. The van der Waals surface area contributed by atoms with Crippen LogP contribution in [0, 0.1) is 11.8 Å². The van der Waals surface area contributed by atoms with E-state index in [4.69, 9.17) is 4.74 Å². The van der Waals surface area contributed by atoms with E-state index in [9.17, 15) is 14.7 Å². The van der Waals surface area contributed by atoms with Gasteiger partial charge in [0.1, 0.15) is 5.75 Å². The van der Waals surface area contributed by atoms with Crippen molar-refractivity contribution in [2.24, 2.45) is 11.8 Å². The van der Waals surface area contributed by atoms with Gasteiger partial charge in [-0.25, -0.2) is 4.79 Å². The van der Waals surface area contributed by atoms with Crippen molar-refractivity contribution in [1.82, 2.24) is 15.1 Å². The van der Waals surface area contributed by atoms with Crippen LogP contribution in [0.5, 0.6) is 5.75 Å². The van der Waals surface area contributed by atoms with E-state index in [-0.39, 0.29) is 24.5 Å². The van der Waals surface area contributed by atoms with E-state index in [0.29, 0.717) is 19.5 Å². The van der Waals surface area contributed by atoms with Gasteiger partial charge in [-0.2, -0.15) is 0 Å². The highest BCUT2D eigenvalue weighted by Crippen LogP contribution is 2.27. The largest absolute Gasteiger partial charge is 0.497 e. The van der Waals surface area contributed by atoms with Crippen LogP contribution in [-0.4, -0.2) is 66.7 Å². The predicted molar refractivity (Wildman–Crippen MR) is 106 cm³/mol. The number of piperidine rings is 1. The molecule has 0 aromatic heterocycles. The molecule has 7 nitrogen and oxygen atoms in total. The smallest absolute Gasteiger partial charge is 0.317 e. The summed E-state index contributed by atoms with van der Waals surface area (Å²) in [6, 6.07) is 7.94. The Morgan fingerprint density at radius 3 is 2.50 bits per heavy atom. The number of nitrogens with one attached hydrogen (secondary N) is 1. The molecule has 2 aliphatic rings. The van der Waals surface area contributed by atoms with Crippen LogP contribution >= 0.6 is 0 Å². The first kappa shape index (κ1) is 20.5. The van der Waals surface area contributed by atoms with Gasteiger partial charge in [-0.05, 0) is 56.0 Å². The number of carbonyl (C=O) groups excluding carboxylic acids is 1. The number of hydrogen-bond donors (Lipinski definition) is 2. The Bertz CT molecular complexity index is 673. The third-order valence-electron chi connectivity index (χ3n) is 5.82. The molecule has 2 fully saturated rings. The molecule has 3 unspecified atom stereocenters. The monoisotopic (exact) mass is 389 g/mol. The first-order valence-corrected chi connectivity index (χ1v) is 10.1. The van der Waals surface area contributed by atoms with Gasteiger partial charge in [0.2, 0.25) is 0 Å². The average molecular weight is 389 g/mol. The van der Waals surface area contributed by atoms with Gasteiger partial charge >= 0.3 is 12.0 Å². The van der Waals surface area contributed by atoms with Gasteiger partial charge in [-0.3, -0.25) is 9.69 Å². The molecule has 154 valence electrons.